The van der Waals surface area contributed by atoms with Gasteiger partial charge in [-0.05, 0) is 33.6 Å². The first-order chi connectivity index (χ1) is 7.03. The zero-order valence-corrected chi connectivity index (χ0v) is 9.36. The minimum Gasteiger partial charge on any atom is -0.462 e. The fourth-order valence-electron chi connectivity index (χ4n) is 1.37. The zero-order chi connectivity index (χ0) is 11.1. The van der Waals surface area contributed by atoms with Crippen molar-refractivity contribution in [1.29, 1.82) is 0 Å². The minimum absolute atomic E-state index is 0.318. The molecule has 0 saturated heterocycles. The Morgan fingerprint density at radius 2 is 2.13 bits per heavy atom. The normalized spacial score (nSPS) is 16.5. The average molecular weight is 208 g/mol. The van der Waals surface area contributed by atoms with Gasteiger partial charge < -0.3 is 4.74 Å². The standard InChI is InChI=1S/C6H6N2.C5H10O2/c1-2-4(1)6-5-3-7-8(5)6;1-5(2,3)7-4-6/h3-4H,1-2H2;4H,1-3H3. The molecule has 0 aromatic carbocycles. The van der Waals surface area contributed by atoms with Crippen molar-refractivity contribution in [3.63, 3.8) is 0 Å². The maximum absolute atomic E-state index is 9.60. The van der Waals surface area contributed by atoms with E-state index in [0.717, 1.165) is 5.92 Å². The molecular weight excluding hydrogens is 192 g/mol. The highest BCUT2D eigenvalue weighted by molar-refractivity contribution is 5.54. The molecule has 0 unspecified atom stereocenters. The second kappa shape index (κ2) is 3.36. The highest BCUT2D eigenvalue weighted by atomic mass is 16.5. The highest BCUT2D eigenvalue weighted by Crippen LogP contribution is 2.49. The number of fused-ring (bicyclic) bond motifs is 1. The molecular formula is C11H16N2O2. The van der Waals surface area contributed by atoms with Gasteiger partial charge in [-0.3, -0.25) is 4.79 Å². The maximum Gasteiger partial charge on any atom is 0.293 e. The zero-order valence-electron chi connectivity index (χ0n) is 9.36. The molecule has 4 nitrogen and oxygen atoms in total. The first-order valence-corrected chi connectivity index (χ1v) is 5.22. The summed E-state index contributed by atoms with van der Waals surface area (Å²) in [7, 11) is 0. The highest BCUT2D eigenvalue weighted by Gasteiger charge is 2.39. The second-order valence-corrected chi connectivity index (χ2v) is 4.93. The molecule has 0 spiro atoms. The van der Waals surface area contributed by atoms with Crippen LogP contribution in [0.3, 0.4) is 0 Å². The van der Waals surface area contributed by atoms with Crippen LogP contribution in [-0.4, -0.2) is 21.9 Å². The van der Waals surface area contributed by atoms with Gasteiger partial charge in [0.2, 0.25) is 0 Å². The fraction of sp³-hybridized carbons (Fsp3) is 0.636. The summed E-state index contributed by atoms with van der Waals surface area (Å²) in [5.41, 5.74) is 2.61. The van der Waals surface area contributed by atoms with Gasteiger partial charge in [-0.25, -0.2) is 4.68 Å². The SMILES string of the molecule is CC(C)(C)OC=O.c1nn2c(C3CC3)c1-2. The molecule has 15 heavy (non-hydrogen) atoms. The van der Waals surface area contributed by atoms with Crippen LogP contribution in [0.5, 0.6) is 0 Å². The molecule has 1 fully saturated rings. The Hall–Kier alpha value is -1.32. The van der Waals surface area contributed by atoms with Gasteiger partial charge in [0.15, 0.2) is 0 Å². The molecule has 2 aliphatic heterocycles. The van der Waals surface area contributed by atoms with E-state index in [1.54, 1.807) is 0 Å². The second-order valence-electron chi connectivity index (χ2n) is 4.93. The summed E-state index contributed by atoms with van der Waals surface area (Å²) in [4.78, 5) is 9.60. The Bertz CT molecular complexity index is 353. The number of carbonyl (C=O) groups excluding carboxylic acids is 1. The van der Waals surface area contributed by atoms with Gasteiger partial charge in [0.05, 0.1) is 11.9 Å². The lowest BCUT2D eigenvalue weighted by atomic mass is 10.2. The number of carbonyl (C=O) groups is 1. The number of nitrogens with zero attached hydrogens (tertiary/aromatic N) is 2. The summed E-state index contributed by atoms with van der Waals surface area (Å²) in [6, 6.07) is 0. The van der Waals surface area contributed by atoms with Crippen molar-refractivity contribution in [3.05, 3.63) is 11.9 Å². The van der Waals surface area contributed by atoms with Crippen molar-refractivity contribution in [2.75, 3.05) is 0 Å². The lowest BCUT2D eigenvalue weighted by molar-refractivity contribution is -0.138. The van der Waals surface area contributed by atoms with Crippen molar-refractivity contribution in [2.24, 2.45) is 0 Å². The van der Waals surface area contributed by atoms with Crippen LogP contribution in [0, 0.1) is 0 Å². The summed E-state index contributed by atoms with van der Waals surface area (Å²) < 4.78 is 6.60. The molecule has 4 heteroatoms. The first-order valence-electron chi connectivity index (χ1n) is 5.22. The molecule has 1 saturated carbocycles. The van der Waals surface area contributed by atoms with Gasteiger partial charge in [-0.1, -0.05) is 0 Å². The molecule has 0 aromatic rings. The Kier molecular flexibility index (Phi) is 2.29. The Morgan fingerprint density at radius 1 is 1.53 bits per heavy atom. The monoisotopic (exact) mass is 208 g/mol. The van der Waals surface area contributed by atoms with Gasteiger partial charge in [-0.15, -0.1) is 0 Å². The molecule has 1 aliphatic carbocycles. The van der Waals surface area contributed by atoms with E-state index in [-0.39, 0.29) is 5.60 Å². The molecule has 0 amide bonds. The summed E-state index contributed by atoms with van der Waals surface area (Å²) in [5, 5.41) is 4.02. The van der Waals surface area contributed by atoms with E-state index >= 15 is 0 Å². The molecule has 2 heterocycles. The summed E-state index contributed by atoms with van der Waals surface area (Å²) >= 11 is 0. The Balaban J connectivity index is 0.000000116. The predicted octanol–water partition coefficient (Wildman–Crippen LogP) is 2.02. The molecule has 82 valence electrons. The van der Waals surface area contributed by atoms with Gasteiger partial charge in [0.1, 0.15) is 11.3 Å². The summed E-state index contributed by atoms with van der Waals surface area (Å²) in [6.07, 6.45) is 4.76. The van der Waals surface area contributed by atoms with Crippen molar-refractivity contribution >= 4 is 6.47 Å². The average Bonchev–Trinajstić information content (AvgIpc) is 2.87. The van der Waals surface area contributed by atoms with Crippen LogP contribution in [0.4, 0.5) is 0 Å². The first kappa shape index (κ1) is 10.2. The quantitative estimate of drug-likeness (QED) is 0.709. The predicted molar refractivity (Wildman–Crippen MR) is 56.0 cm³/mol. The van der Waals surface area contributed by atoms with E-state index < -0.39 is 0 Å². The van der Waals surface area contributed by atoms with E-state index in [4.69, 9.17) is 0 Å². The van der Waals surface area contributed by atoms with E-state index in [1.807, 2.05) is 27.0 Å². The lowest BCUT2D eigenvalue weighted by Gasteiger charge is -2.14. The Morgan fingerprint density at radius 3 is 2.33 bits per heavy atom. The van der Waals surface area contributed by atoms with Crippen LogP contribution < -0.4 is 0 Å². The lowest BCUT2D eigenvalue weighted by Crippen LogP contribution is -2.17. The molecule has 3 aliphatic rings. The van der Waals surface area contributed by atoms with E-state index in [0.29, 0.717) is 6.47 Å². The largest absolute Gasteiger partial charge is 0.462 e. The van der Waals surface area contributed by atoms with E-state index in [9.17, 15) is 4.79 Å². The third kappa shape index (κ3) is 2.37. The molecule has 3 rings (SSSR count). The minimum atomic E-state index is -0.318. The number of hydrogen-bond acceptors (Lipinski definition) is 3. The number of aromatic nitrogens is 2. The smallest absolute Gasteiger partial charge is 0.293 e. The number of hydrogen-bond donors (Lipinski definition) is 0. The topological polar surface area (TPSA) is 44.1 Å². The number of rotatable bonds is 2. The molecule has 0 bridgehead atoms. The summed E-state index contributed by atoms with van der Waals surface area (Å²) in [5.74, 6) is 0.910. The van der Waals surface area contributed by atoms with Crippen LogP contribution >= 0.6 is 0 Å². The van der Waals surface area contributed by atoms with Crippen LogP contribution in [0.15, 0.2) is 6.20 Å². The van der Waals surface area contributed by atoms with Gasteiger partial charge >= 0.3 is 0 Å². The van der Waals surface area contributed by atoms with Crippen molar-refractivity contribution < 1.29 is 9.53 Å². The maximum atomic E-state index is 9.60. The van der Waals surface area contributed by atoms with Gasteiger partial charge in [0.25, 0.3) is 6.47 Å². The third-order valence-electron chi connectivity index (χ3n) is 2.33. The summed E-state index contributed by atoms with van der Waals surface area (Å²) in [6.45, 7) is 5.92. The molecule has 0 aromatic heterocycles. The third-order valence-corrected chi connectivity index (χ3v) is 2.33. The van der Waals surface area contributed by atoms with Gasteiger partial charge in [0, 0.05) is 5.92 Å². The van der Waals surface area contributed by atoms with Crippen molar-refractivity contribution in [3.8, 4) is 5.69 Å². The van der Waals surface area contributed by atoms with Crippen LogP contribution in [0.25, 0.3) is 5.69 Å². The molecule has 0 N–H and O–H groups in total. The van der Waals surface area contributed by atoms with Crippen LogP contribution in [-0.2, 0) is 9.53 Å². The van der Waals surface area contributed by atoms with E-state index in [2.05, 4.69) is 14.5 Å². The van der Waals surface area contributed by atoms with Crippen molar-refractivity contribution in [1.82, 2.24) is 9.78 Å². The Labute approximate surface area is 89.2 Å². The molecule has 0 atom stereocenters. The molecule has 0 radical (unpaired) electrons. The van der Waals surface area contributed by atoms with Crippen molar-refractivity contribution in [2.45, 2.75) is 45.1 Å². The fourth-order valence-corrected chi connectivity index (χ4v) is 1.37. The van der Waals surface area contributed by atoms with Crippen LogP contribution in [0.1, 0.15) is 45.2 Å². The van der Waals surface area contributed by atoms with E-state index in [1.165, 1.54) is 24.2 Å². The number of ether oxygens (including phenoxy) is 1. The van der Waals surface area contributed by atoms with Gasteiger partial charge in [-0.2, -0.15) is 5.10 Å². The van der Waals surface area contributed by atoms with Crippen LogP contribution in [0.2, 0.25) is 0 Å².